The number of aliphatic hydroxyl groups excluding tert-OH is 1. The lowest BCUT2D eigenvalue weighted by atomic mass is 9.75. The fourth-order valence-corrected chi connectivity index (χ4v) is 3.45. The van der Waals surface area contributed by atoms with E-state index in [1.165, 1.54) is 12.1 Å². The van der Waals surface area contributed by atoms with Gasteiger partial charge in [-0.1, -0.05) is 12.1 Å². The van der Waals surface area contributed by atoms with E-state index < -0.39 is 0 Å². The summed E-state index contributed by atoms with van der Waals surface area (Å²) in [6.07, 6.45) is 0.890. The van der Waals surface area contributed by atoms with Gasteiger partial charge in [-0.2, -0.15) is 0 Å². The minimum Gasteiger partial charge on any atom is -0.486 e. The van der Waals surface area contributed by atoms with Crippen LogP contribution >= 0.6 is 0 Å². The highest BCUT2D eigenvalue weighted by molar-refractivity contribution is 5.95. The second kappa shape index (κ2) is 6.96. The Balaban J connectivity index is 1.55. The summed E-state index contributed by atoms with van der Waals surface area (Å²) >= 11 is 0. The summed E-state index contributed by atoms with van der Waals surface area (Å²) in [6, 6.07) is 10.9. The van der Waals surface area contributed by atoms with Gasteiger partial charge in [-0.05, 0) is 54.7 Å². The van der Waals surface area contributed by atoms with E-state index in [2.05, 4.69) is 5.32 Å². The van der Waals surface area contributed by atoms with Crippen molar-refractivity contribution in [3.05, 3.63) is 59.4 Å². The number of rotatable bonds is 4. The molecule has 0 bridgehead atoms. The van der Waals surface area contributed by atoms with E-state index in [4.69, 9.17) is 9.47 Å². The van der Waals surface area contributed by atoms with Gasteiger partial charge in [-0.3, -0.25) is 4.79 Å². The van der Waals surface area contributed by atoms with Crippen molar-refractivity contribution in [3.8, 4) is 11.5 Å². The fourth-order valence-electron chi connectivity index (χ4n) is 3.45. The summed E-state index contributed by atoms with van der Waals surface area (Å²) in [6.45, 7) is 0.950. The Morgan fingerprint density at radius 2 is 1.77 bits per heavy atom. The van der Waals surface area contributed by atoms with Crippen molar-refractivity contribution in [1.82, 2.24) is 5.32 Å². The van der Waals surface area contributed by atoms with Gasteiger partial charge in [-0.25, -0.2) is 4.39 Å². The standard InChI is InChI=1S/C20H20FNO4/c21-15-4-1-12(2-5-15)19(14-9-16(23)10-14)22-20(24)13-3-6-17-18(11-13)26-8-7-25-17/h1-6,11,14,16,19,23H,7-10H2,(H,22,24)/t14?,16?,19-/m0/s1. The molecule has 1 fully saturated rings. The van der Waals surface area contributed by atoms with E-state index in [1.54, 1.807) is 30.3 Å². The van der Waals surface area contributed by atoms with E-state index in [0.29, 0.717) is 43.1 Å². The maximum atomic E-state index is 13.2. The van der Waals surface area contributed by atoms with Crippen LogP contribution in [0.4, 0.5) is 4.39 Å². The SMILES string of the molecule is O=C(N[C@@H](c1ccc(F)cc1)C1CC(O)C1)c1ccc2c(c1)OCCO2. The minimum absolute atomic E-state index is 0.122. The number of halogens is 1. The molecule has 1 aliphatic heterocycles. The Bertz CT molecular complexity index is 802. The third-order valence-electron chi connectivity index (χ3n) is 4.94. The van der Waals surface area contributed by atoms with Crippen LogP contribution in [-0.2, 0) is 0 Å². The van der Waals surface area contributed by atoms with E-state index in [-0.39, 0.29) is 29.8 Å². The largest absolute Gasteiger partial charge is 0.486 e. The Kier molecular flexibility index (Phi) is 4.51. The second-order valence-corrected chi connectivity index (χ2v) is 6.75. The molecule has 2 aliphatic rings. The van der Waals surface area contributed by atoms with Crippen molar-refractivity contribution in [2.45, 2.75) is 25.0 Å². The van der Waals surface area contributed by atoms with Gasteiger partial charge >= 0.3 is 0 Å². The number of hydrogen-bond acceptors (Lipinski definition) is 4. The summed E-state index contributed by atoms with van der Waals surface area (Å²) < 4.78 is 24.3. The fraction of sp³-hybridized carbons (Fsp3) is 0.350. The molecule has 1 heterocycles. The molecule has 2 aromatic rings. The molecular formula is C20H20FNO4. The topological polar surface area (TPSA) is 67.8 Å². The third kappa shape index (κ3) is 3.37. The Morgan fingerprint density at radius 3 is 2.46 bits per heavy atom. The maximum Gasteiger partial charge on any atom is 0.251 e. The highest BCUT2D eigenvalue weighted by atomic mass is 19.1. The number of nitrogens with one attached hydrogen (secondary N) is 1. The van der Waals surface area contributed by atoms with Crippen LogP contribution in [0.25, 0.3) is 0 Å². The molecule has 0 saturated heterocycles. The van der Waals surface area contributed by atoms with Crippen molar-refractivity contribution >= 4 is 5.91 Å². The Hall–Kier alpha value is -2.60. The summed E-state index contributed by atoms with van der Waals surface area (Å²) in [7, 11) is 0. The number of amides is 1. The molecule has 0 aromatic heterocycles. The van der Waals surface area contributed by atoms with Gasteiger partial charge in [0.25, 0.3) is 5.91 Å². The van der Waals surface area contributed by atoms with Gasteiger partial charge < -0.3 is 19.9 Å². The van der Waals surface area contributed by atoms with Crippen molar-refractivity contribution in [1.29, 1.82) is 0 Å². The van der Waals surface area contributed by atoms with E-state index in [1.807, 2.05) is 0 Å². The molecule has 1 saturated carbocycles. The summed E-state index contributed by atoms with van der Waals surface area (Å²) in [4.78, 5) is 12.8. The molecule has 1 amide bonds. The van der Waals surface area contributed by atoms with Gasteiger partial charge in [0, 0.05) is 5.56 Å². The average molecular weight is 357 g/mol. The Morgan fingerprint density at radius 1 is 1.08 bits per heavy atom. The van der Waals surface area contributed by atoms with Gasteiger partial charge in [-0.15, -0.1) is 0 Å². The predicted molar refractivity (Wildman–Crippen MR) is 92.8 cm³/mol. The van der Waals surface area contributed by atoms with Crippen molar-refractivity contribution in [3.63, 3.8) is 0 Å². The van der Waals surface area contributed by atoms with Crippen LogP contribution in [0.15, 0.2) is 42.5 Å². The quantitative estimate of drug-likeness (QED) is 0.883. The average Bonchev–Trinajstić information content (AvgIpc) is 2.64. The lowest BCUT2D eigenvalue weighted by Gasteiger charge is -2.38. The number of benzene rings is 2. The molecule has 1 aliphatic carbocycles. The highest BCUT2D eigenvalue weighted by Crippen LogP contribution is 2.38. The van der Waals surface area contributed by atoms with Crippen molar-refractivity contribution < 1.29 is 23.8 Å². The van der Waals surface area contributed by atoms with Crippen LogP contribution in [-0.4, -0.2) is 30.3 Å². The monoisotopic (exact) mass is 357 g/mol. The number of fused-ring (bicyclic) bond motifs is 1. The van der Waals surface area contributed by atoms with Crippen LogP contribution in [0.2, 0.25) is 0 Å². The zero-order valence-corrected chi connectivity index (χ0v) is 14.2. The first kappa shape index (κ1) is 16.8. The first-order valence-electron chi connectivity index (χ1n) is 8.74. The summed E-state index contributed by atoms with van der Waals surface area (Å²) in [5, 5.41) is 12.7. The lowest BCUT2D eigenvalue weighted by Crippen LogP contribution is -2.41. The number of hydrogen-bond donors (Lipinski definition) is 2. The van der Waals surface area contributed by atoms with Gasteiger partial charge in [0.1, 0.15) is 19.0 Å². The van der Waals surface area contributed by atoms with Crippen LogP contribution in [0.3, 0.4) is 0 Å². The molecule has 26 heavy (non-hydrogen) atoms. The first-order chi connectivity index (χ1) is 12.6. The van der Waals surface area contributed by atoms with E-state index >= 15 is 0 Å². The zero-order valence-electron chi connectivity index (χ0n) is 14.2. The number of ether oxygens (including phenoxy) is 2. The van der Waals surface area contributed by atoms with Crippen LogP contribution in [0.5, 0.6) is 11.5 Å². The molecule has 2 N–H and O–H groups in total. The highest BCUT2D eigenvalue weighted by Gasteiger charge is 2.36. The Labute approximate surface area is 150 Å². The molecule has 0 spiro atoms. The zero-order chi connectivity index (χ0) is 18.1. The number of aliphatic hydroxyl groups is 1. The van der Waals surface area contributed by atoms with Crippen LogP contribution < -0.4 is 14.8 Å². The van der Waals surface area contributed by atoms with Gasteiger partial charge in [0.15, 0.2) is 11.5 Å². The van der Waals surface area contributed by atoms with Crippen LogP contribution in [0, 0.1) is 11.7 Å². The van der Waals surface area contributed by atoms with Crippen LogP contribution in [0.1, 0.15) is 34.8 Å². The first-order valence-corrected chi connectivity index (χ1v) is 8.74. The second-order valence-electron chi connectivity index (χ2n) is 6.75. The summed E-state index contributed by atoms with van der Waals surface area (Å²) in [5.41, 5.74) is 1.30. The van der Waals surface area contributed by atoms with E-state index in [9.17, 15) is 14.3 Å². The van der Waals surface area contributed by atoms with Crippen molar-refractivity contribution in [2.24, 2.45) is 5.92 Å². The van der Waals surface area contributed by atoms with Gasteiger partial charge in [0.05, 0.1) is 12.1 Å². The normalized spacial score (nSPS) is 22.2. The third-order valence-corrected chi connectivity index (χ3v) is 4.94. The molecule has 0 radical (unpaired) electrons. The molecule has 0 unspecified atom stereocenters. The summed E-state index contributed by atoms with van der Waals surface area (Å²) in [5.74, 6) is 0.750. The molecule has 136 valence electrons. The molecule has 2 aromatic carbocycles. The molecule has 4 rings (SSSR count). The molecular weight excluding hydrogens is 337 g/mol. The lowest BCUT2D eigenvalue weighted by molar-refractivity contribution is 0.0235. The maximum absolute atomic E-state index is 13.2. The van der Waals surface area contributed by atoms with Gasteiger partial charge in [0.2, 0.25) is 0 Å². The predicted octanol–water partition coefficient (Wildman–Crippen LogP) is 2.84. The number of carbonyl (C=O) groups is 1. The number of carbonyl (C=O) groups excluding carboxylic acids is 1. The molecule has 5 nitrogen and oxygen atoms in total. The molecule has 1 atom stereocenters. The van der Waals surface area contributed by atoms with E-state index in [0.717, 1.165) is 5.56 Å². The smallest absolute Gasteiger partial charge is 0.251 e. The minimum atomic E-state index is -0.339. The molecule has 6 heteroatoms. The van der Waals surface area contributed by atoms with Crippen molar-refractivity contribution in [2.75, 3.05) is 13.2 Å².